The molecule has 6 nitrogen and oxygen atoms in total. The Morgan fingerprint density at radius 3 is 2.20 bits per heavy atom. The van der Waals surface area contributed by atoms with E-state index in [0.29, 0.717) is 0 Å². The van der Waals surface area contributed by atoms with Gasteiger partial charge in [-0.2, -0.15) is 0 Å². The molecule has 0 bridgehead atoms. The summed E-state index contributed by atoms with van der Waals surface area (Å²) in [5, 5.41) is 0. The highest BCUT2D eigenvalue weighted by molar-refractivity contribution is 5.94. The zero-order valence-electron chi connectivity index (χ0n) is 8.94. The van der Waals surface area contributed by atoms with E-state index in [1.165, 1.54) is 0 Å². The van der Waals surface area contributed by atoms with Crippen molar-refractivity contribution in [3.8, 4) is 0 Å². The van der Waals surface area contributed by atoms with Gasteiger partial charge in [0, 0.05) is 0 Å². The smallest absolute Gasteiger partial charge is 0.469 e. The first-order valence-electron chi connectivity index (χ1n) is 4.40. The van der Waals surface area contributed by atoms with Crippen LogP contribution in [0.5, 0.6) is 0 Å². The van der Waals surface area contributed by atoms with Crippen LogP contribution in [-0.4, -0.2) is 31.8 Å². The van der Waals surface area contributed by atoms with Crippen LogP contribution in [0.4, 0.5) is 4.79 Å². The van der Waals surface area contributed by atoms with Crippen LogP contribution in [0, 0.1) is 5.92 Å². The van der Waals surface area contributed by atoms with E-state index in [0.717, 1.165) is 7.11 Å². The molecule has 0 saturated carbocycles. The lowest BCUT2D eigenvalue weighted by atomic mass is 10.2. The first-order valence-corrected chi connectivity index (χ1v) is 4.40. The first-order chi connectivity index (χ1) is 6.95. The lowest BCUT2D eigenvalue weighted by molar-refractivity contribution is -0.150. The molecule has 0 aromatic carbocycles. The standard InChI is InChI=1S/C9H14O6/c1-6(2)5-14-9(12)15-8(11)4-7(10)13-3/h6H,4-5H2,1-3H3. The molecule has 0 N–H and O–H groups in total. The predicted molar refractivity (Wildman–Crippen MR) is 48.9 cm³/mol. The number of carbonyl (C=O) groups excluding carboxylic acids is 3. The highest BCUT2D eigenvalue weighted by Crippen LogP contribution is 1.97. The Balaban J connectivity index is 3.77. The number of methoxy groups -OCH3 is 1. The molecule has 0 heterocycles. The maximum Gasteiger partial charge on any atom is 0.516 e. The van der Waals surface area contributed by atoms with Crippen LogP contribution in [0.2, 0.25) is 0 Å². The molecule has 0 aliphatic heterocycles. The third-order valence-corrected chi connectivity index (χ3v) is 1.25. The number of esters is 2. The van der Waals surface area contributed by atoms with Crippen LogP contribution in [0.3, 0.4) is 0 Å². The Hall–Kier alpha value is -1.59. The van der Waals surface area contributed by atoms with Gasteiger partial charge in [0.05, 0.1) is 13.7 Å². The minimum atomic E-state index is -1.10. The lowest BCUT2D eigenvalue weighted by Gasteiger charge is -2.06. The third kappa shape index (κ3) is 7.48. The van der Waals surface area contributed by atoms with Crippen molar-refractivity contribution < 1.29 is 28.6 Å². The number of hydrogen-bond acceptors (Lipinski definition) is 6. The number of ether oxygens (including phenoxy) is 3. The highest BCUT2D eigenvalue weighted by atomic mass is 16.7. The van der Waals surface area contributed by atoms with E-state index in [9.17, 15) is 14.4 Å². The Morgan fingerprint density at radius 2 is 1.73 bits per heavy atom. The zero-order chi connectivity index (χ0) is 11.8. The second-order valence-electron chi connectivity index (χ2n) is 3.18. The van der Waals surface area contributed by atoms with Crippen molar-refractivity contribution in [2.24, 2.45) is 5.92 Å². The van der Waals surface area contributed by atoms with Crippen LogP contribution in [0.15, 0.2) is 0 Å². The summed E-state index contributed by atoms with van der Waals surface area (Å²) < 4.78 is 12.9. The first kappa shape index (κ1) is 13.4. The van der Waals surface area contributed by atoms with Crippen LogP contribution in [0.1, 0.15) is 20.3 Å². The minimum Gasteiger partial charge on any atom is -0.469 e. The fourth-order valence-corrected chi connectivity index (χ4v) is 0.583. The normalized spacial score (nSPS) is 9.60. The molecule has 0 radical (unpaired) electrons. The van der Waals surface area contributed by atoms with E-state index < -0.39 is 24.5 Å². The second kappa shape index (κ2) is 6.80. The fraction of sp³-hybridized carbons (Fsp3) is 0.667. The molecule has 0 fully saturated rings. The van der Waals surface area contributed by atoms with Crippen molar-refractivity contribution in [3.63, 3.8) is 0 Å². The van der Waals surface area contributed by atoms with Gasteiger partial charge in [-0.15, -0.1) is 0 Å². The quantitative estimate of drug-likeness (QED) is 0.515. The fourth-order valence-electron chi connectivity index (χ4n) is 0.583. The molecule has 0 aliphatic rings. The van der Waals surface area contributed by atoms with E-state index >= 15 is 0 Å². The largest absolute Gasteiger partial charge is 0.516 e. The van der Waals surface area contributed by atoms with Gasteiger partial charge in [-0.3, -0.25) is 9.59 Å². The summed E-state index contributed by atoms with van der Waals surface area (Å²) in [7, 11) is 1.13. The van der Waals surface area contributed by atoms with Gasteiger partial charge >= 0.3 is 18.1 Å². The predicted octanol–water partition coefficient (Wildman–Crippen LogP) is 0.885. The maximum atomic E-state index is 10.8. The van der Waals surface area contributed by atoms with Gasteiger partial charge in [0.2, 0.25) is 0 Å². The van der Waals surface area contributed by atoms with Crippen LogP contribution >= 0.6 is 0 Å². The molecule has 0 aliphatic carbocycles. The summed E-state index contributed by atoms with van der Waals surface area (Å²) >= 11 is 0. The molecule has 0 saturated heterocycles. The molecule has 0 aromatic heterocycles. The van der Waals surface area contributed by atoms with E-state index in [4.69, 9.17) is 0 Å². The Labute approximate surface area is 87.5 Å². The van der Waals surface area contributed by atoms with E-state index in [2.05, 4.69) is 14.2 Å². The number of carbonyl (C=O) groups is 3. The Bertz CT molecular complexity index is 245. The minimum absolute atomic E-state index is 0.147. The van der Waals surface area contributed by atoms with Crippen molar-refractivity contribution >= 4 is 18.1 Å². The van der Waals surface area contributed by atoms with Crippen molar-refractivity contribution in [2.45, 2.75) is 20.3 Å². The molecule has 0 amide bonds. The Morgan fingerprint density at radius 1 is 1.13 bits per heavy atom. The second-order valence-corrected chi connectivity index (χ2v) is 3.18. The summed E-state index contributed by atoms with van der Waals surface area (Å²) in [6.45, 7) is 3.83. The monoisotopic (exact) mass is 218 g/mol. The molecule has 0 rings (SSSR count). The van der Waals surface area contributed by atoms with Gasteiger partial charge in [0.15, 0.2) is 0 Å². The SMILES string of the molecule is COC(=O)CC(=O)OC(=O)OCC(C)C. The number of hydrogen-bond donors (Lipinski definition) is 0. The summed E-state index contributed by atoms with van der Waals surface area (Å²) in [6.07, 6.45) is -1.70. The van der Waals surface area contributed by atoms with E-state index in [-0.39, 0.29) is 12.5 Å². The van der Waals surface area contributed by atoms with Crippen LogP contribution in [0.25, 0.3) is 0 Å². The van der Waals surface area contributed by atoms with Gasteiger partial charge in [0.1, 0.15) is 6.42 Å². The molecule has 6 heteroatoms. The number of rotatable bonds is 4. The lowest BCUT2D eigenvalue weighted by Crippen LogP contribution is -2.19. The van der Waals surface area contributed by atoms with Gasteiger partial charge in [-0.05, 0) is 5.92 Å². The highest BCUT2D eigenvalue weighted by Gasteiger charge is 2.16. The summed E-state index contributed by atoms with van der Waals surface area (Å²) in [4.78, 5) is 32.2. The van der Waals surface area contributed by atoms with Gasteiger partial charge < -0.3 is 14.2 Å². The van der Waals surface area contributed by atoms with Crippen molar-refractivity contribution in [1.29, 1.82) is 0 Å². The van der Waals surface area contributed by atoms with Crippen molar-refractivity contribution in [2.75, 3.05) is 13.7 Å². The molecule has 0 aromatic rings. The molecular weight excluding hydrogens is 204 g/mol. The van der Waals surface area contributed by atoms with Crippen molar-refractivity contribution in [3.05, 3.63) is 0 Å². The van der Waals surface area contributed by atoms with E-state index in [1.54, 1.807) is 0 Å². The zero-order valence-corrected chi connectivity index (χ0v) is 8.94. The van der Waals surface area contributed by atoms with Gasteiger partial charge in [0.25, 0.3) is 0 Å². The molecule has 0 unspecified atom stereocenters. The van der Waals surface area contributed by atoms with Crippen LogP contribution in [-0.2, 0) is 23.8 Å². The summed E-state index contributed by atoms with van der Waals surface area (Å²) in [5.41, 5.74) is 0. The molecule has 0 spiro atoms. The van der Waals surface area contributed by atoms with Gasteiger partial charge in [-0.25, -0.2) is 4.79 Å². The third-order valence-electron chi connectivity index (χ3n) is 1.25. The average Bonchev–Trinajstić information content (AvgIpc) is 2.14. The molecular formula is C9H14O6. The summed E-state index contributed by atoms with van der Waals surface area (Å²) in [6, 6.07) is 0. The summed E-state index contributed by atoms with van der Waals surface area (Å²) in [5.74, 6) is -1.61. The molecule has 86 valence electrons. The maximum absolute atomic E-state index is 10.8. The van der Waals surface area contributed by atoms with E-state index in [1.807, 2.05) is 13.8 Å². The molecule has 15 heavy (non-hydrogen) atoms. The average molecular weight is 218 g/mol. The van der Waals surface area contributed by atoms with Crippen LogP contribution < -0.4 is 0 Å². The topological polar surface area (TPSA) is 78.9 Å². The molecule has 0 atom stereocenters. The van der Waals surface area contributed by atoms with Crippen molar-refractivity contribution in [1.82, 2.24) is 0 Å². The van der Waals surface area contributed by atoms with Gasteiger partial charge in [-0.1, -0.05) is 13.8 Å². The Kier molecular flexibility index (Phi) is 6.08.